The van der Waals surface area contributed by atoms with E-state index in [0.29, 0.717) is 5.56 Å². The van der Waals surface area contributed by atoms with Crippen LogP contribution in [0.3, 0.4) is 0 Å². The summed E-state index contributed by atoms with van der Waals surface area (Å²) in [7, 11) is 0. The van der Waals surface area contributed by atoms with E-state index in [-0.39, 0.29) is 11.4 Å². The molecule has 0 atom stereocenters. The average Bonchev–Trinajstić information content (AvgIpc) is 2.69. The maximum Gasteiger partial charge on any atom is 0.293 e. The molecule has 1 amide bonds. The first kappa shape index (κ1) is 18.3. The van der Waals surface area contributed by atoms with Crippen LogP contribution in [0.25, 0.3) is 11.3 Å². The summed E-state index contributed by atoms with van der Waals surface area (Å²) < 4.78 is 0. The smallest absolute Gasteiger partial charge is 0.293 e. The van der Waals surface area contributed by atoms with Crippen LogP contribution in [0.4, 0.5) is 11.4 Å². The van der Waals surface area contributed by atoms with Crippen molar-refractivity contribution in [2.45, 2.75) is 20.3 Å². The van der Waals surface area contributed by atoms with Crippen LogP contribution >= 0.6 is 0 Å². The Balaban J connectivity index is 1.79. The summed E-state index contributed by atoms with van der Waals surface area (Å²) in [6, 6.07) is 15.7. The molecule has 1 heterocycles. The number of anilines is 1. The number of nitrogens with zero attached hydrogens (tertiary/aromatic N) is 2. The van der Waals surface area contributed by atoms with Gasteiger partial charge in [0.25, 0.3) is 11.6 Å². The zero-order chi connectivity index (χ0) is 19.4. The first-order valence-electron chi connectivity index (χ1n) is 8.59. The molecule has 0 saturated heterocycles. The van der Waals surface area contributed by atoms with Crippen molar-refractivity contribution in [1.29, 1.82) is 0 Å². The maximum absolute atomic E-state index is 12.5. The molecule has 136 valence electrons. The monoisotopic (exact) mass is 361 g/mol. The summed E-state index contributed by atoms with van der Waals surface area (Å²) in [5.74, 6) is -0.400. The molecule has 0 aliphatic rings. The normalized spacial score (nSPS) is 10.4. The van der Waals surface area contributed by atoms with Crippen molar-refractivity contribution in [2.75, 3.05) is 5.32 Å². The van der Waals surface area contributed by atoms with Crippen LogP contribution in [0.1, 0.15) is 28.4 Å². The highest BCUT2D eigenvalue weighted by molar-refractivity contribution is 6.05. The second kappa shape index (κ2) is 7.78. The van der Waals surface area contributed by atoms with Gasteiger partial charge in [0, 0.05) is 23.4 Å². The maximum atomic E-state index is 12.5. The zero-order valence-corrected chi connectivity index (χ0v) is 15.1. The average molecular weight is 361 g/mol. The molecule has 0 aliphatic carbocycles. The Morgan fingerprint density at radius 3 is 2.44 bits per heavy atom. The Bertz CT molecular complexity index is 981. The number of carbonyl (C=O) groups excluding carboxylic acids is 1. The molecule has 0 aliphatic heterocycles. The van der Waals surface area contributed by atoms with Gasteiger partial charge >= 0.3 is 0 Å². The molecule has 1 aromatic heterocycles. The molecule has 6 heteroatoms. The molecule has 3 aromatic rings. The van der Waals surface area contributed by atoms with Gasteiger partial charge in [-0.05, 0) is 48.7 Å². The summed E-state index contributed by atoms with van der Waals surface area (Å²) in [5.41, 5.74) is 4.11. The summed E-state index contributed by atoms with van der Waals surface area (Å²) in [6.45, 7) is 3.83. The third-order valence-electron chi connectivity index (χ3n) is 4.27. The molecule has 27 heavy (non-hydrogen) atoms. The van der Waals surface area contributed by atoms with Crippen LogP contribution in [0, 0.1) is 17.0 Å². The number of amides is 1. The third kappa shape index (κ3) is 4.17. The lowest BCUT2D eigenvalue weighted by molar-refractivity contribution is -0.384. The number of hydrogen-bond acceptors (Lipinski definition) is 4. The van der Waals surface area contributed by atoms with E-state index in [2.05, 4.69) is 17.2 Å². The molecule has 2 aromatic carbocycles. The Morgan fingerprint density at radius 1 is 1.11 bits per heavy atom. The van der Waals surface area contributed by atoms with E-state index in [4.69, 9.17) is 0 Å². The first-order valence-corrected chi connectivity index (χ1v) is 8.59. The Labute approximate surface area is 157 Å². The predicted octanol–water partition coefficient (Wildman–Crippen LogP) is 4.78. The van der Waals surface area contributed by atoms with E-state index in [1.807, 2.05) is 30.5 Å². The minimum atomic E-state index is -0.503. The number of benzene rings is 2. The zero-order valence-electron chi connectivity index (χ0n) is 15.1. The number of nitrogens with one attached hydrogen (secondary N) is 1. The van der Waals surface area contributed by atoms with Crippen LogP contribution in [0.5, 0.6) is 0 Å². The lowest BCUT2D eigenvalue weighted by Gasteiger charge is -2.08. The summed E-state index contributed by atoms with van der Waals surface area (Å²) in [6.07, 6.45) is 2.77. The quantitative estimate of drug-likeness (QED) is 0.523. The van der Waals surface area contributed by atoms with Crippen LogP contribution in [-0.4, -0.2) is 15.8 Å². The van der Waals surface area contributed by atoms with Gasteiger partial charge in [-0.3, -0.25) is 19.9 Å². The van der Waals surface area contributed by atoms with Crippen molar-refractivity contribution in [3.63, 3.8) is 0 Å². The molecule has 3 rings (SSSR count). The lowest BCUT2D eigenvalue weighted by atomic mass is 10.1. The van der Waals surface area contributed by atoms with Gasteiger partial charge in [-0.1, -0.05) is 31.2 Å². The van der Waals surface area contributed by atoms with E-state index in [1.165, 1.54) is 6.07 Å². The topological polar surface area (TPSA) is 85.1 Å². The van der Waals surface area contributed by atoms with Gasteiger partial charge in [0.2, 0.25) is 0 Å². The molecule has 0 fully saturated rings. The fraction of sp³-hybridized carbons (Fsp3) is 0.143. The van der Waals surface area contributed by atoms with E-state index < -0.39 is 10.8 Å². The molecule has 0 spiro atoms. The van der Waals surface area contributed by atoms with Gasteiger partial charge < -0.3 is 5.32 Å². The molecule has 0 saturated carbocycles. The SMILES string of the molecule is CCc1ccc(-c2ccc(C(=O)Nc3ccc(C)cc3[N+](=O)[O-])cc2)nc1. The van der Waals surface area contributed by atoms with Crippen molar-refractivity contribution in [3.05, 3.63) is 87.6 Å². The van der Waals surface area contributed by atoms with E-state index in [1.54, 1.807) is 31.2 Å². The fourth-order valence-electron chi connectivity index (χ4n) is 2.69. The third-order valence-corrected chi connectivity index (χ3v) is 4.27. The highest BCUT2D eigenvalue weighted by Crippen LogP contribution is 2.26. The number of nitro benzene ring substituents is 1. The minimum absolute atomic E-state index is 0.125. The first-order chi connectivity index (χ1) is 13.0. The summed E-state index contributed by atoms with van der Waals surface area (Å²) in [4.78, 5) is 27.6. The molecule has 0 radical (unpaired) electrons. The van der Waals surface area contributed by atoms with E-state index >= 15 is 0 Å². The van der Waals surface area contributed by atoms with E-state index in [9.17, 15) is 14.9 Å². The van der Waals surface area contributed by atoms with Crippen LogP contribution in [-0.2, 0) is 6.42 Å². The van der Waals surface area contributed by atoms with Crippen molar-refractivity contribution < 1.29 is 9.72 Å². The molecule has 1 N–H and O–H groups in total. The molecule has 0 bridgehead atoms. The van der Waals surface area contributed by atoms with Crippen LogP contribution < -0.4 is 5.32 Å². The summed E-state index contributed by atoms with van der Waals surface area (Å²) >= 11 is 0. The van der Waals surface area contributed by atoms with Gasteiger partial charge in [-0.15, -0.1) is 0 Å². The second-order valence-corrected chi connectivity index (χ2v) is 6.21. The second-order valence-electron chi connectivity index (χ2n) is 6.21. The van der Waals surface area contributed by atoms with Gasteiger partial charge in [0.1, 0.15) is 5.69 Å². The number of nitro groups is 1. The number of hydrogen-bond donors (Lipinski definition) is 1. The minimum Gasteiger partial charge on any atom is -0.316 e. The molecular formula is C21H19N3O3. The van der Waals surface area contributed by atoms with Crippen LogP contribution in [0.15, 0.2) is 60.8 Å². The molecule has 0 unspecified atom stereocenters. The molecule has 6 nitrogen and oxygen atoms in total. The Morgan fingerprint density at radius 2 is 1.85 bits per heavy atom. The number of carbonyl (C=O) groups is 1. The van der Waals surface area contributed by atoms with Gasteiger partial charge in [0.05, 0.1) is 10.6 Å². The predicted molar refractivity (Wildman–Crippen MR) is 105 cm³/mol. The number of pyridine rings is 1. The van der Waals surface area contributed by atoms with E-state index in [0.717, 1.165) is 28.8 Å². The number of aryl methyl sites for hydroxylation is 2. The van der Waals surface area contributed by atoms with Gasteiger partial charge in [-0.25, -0.2) is 0 Å². The van der Waals surface area contributed by atoms with Crippen LogP contribution in [0.2, 0.25) is 0 Å². The summed E-state index contributed by atoms with van der Waals surface area (Å²) in [5, 5.41) is 13.8. The van der Waals surface area contributed by atoms with Crippen molar-refractivity contribution >= 4 is 17.3 Å². The standard InChI is InChI=1S/C21H19N3O3/c1-3-15-5-11-18(22-13-15)16-6-8-17(9-7-16)21(25)23-19-10-4-14(2)12-20(19)24(26)27/h4-13H,3H2,1-2H3,(H,23,25). The fourth-order valence-corrected chi connectivity index (χ4v) is 2.69. The van der Waals surface area contributed by atoms with Crippen molar-refractivity contribution in [2.24, 2.45) is 0 Å². The highest BCUT2D eigenvalue weighted by Gasteiger charge is 2.17. The number of rotatable bonds is 5. The van der Waals surface area contributed by atoms with Crippen molar-refractivity contribution in [1.82, 2.24) is 4.98 Å². The molecular weight excluding hydrogens is 342 g/mol. The van der Waals surface area contributed by atoms with Gasteiger partial charge in [-0.2, -0.15) is 0 Å². The van der Waals surface area contributed by atoms with Gasteiger partial charge in [0.15, 0.2) is 0 Å². The van der Waals surface area contributed by atoms with Crippen molar-refractivity contribution in [3.8, 4) is 11.3 Å². The Kier molecular flexibility index (Phi) is 5.26. The Hall–Kier alpha value is -3.54. The largest absolute Gasteiger partial charge is 0.316 e. The lowest BCUT2D eigenvalue weighted by Crippen LogP contribution is -2.13. The number of aromatic nitrogens is 1. The highest BCUT2D eigenvalue weighted by atomic mass is 16.6.